The van der Waals surface area contributed by atoms with Gasteiger partial charge in [0, 0.05) is 12.7 Å². The molecule has 0 bridgehead atoms. The predicted octanol–water partition coefficient (Wildman–Crippen LogP) is 6.89. The van der Waals surface area contributed by atoms with E-state index in [-0.39, 0.29) is 6.61 Å². The minimum absolute atomic E-state index is 0.226. The number of rotatable bonds is 24. The molecule has 0 radical (unpaired) electrons. The summed E-state index contributed by atoms with van der Waals surface area (Å²) in [6.07, 6.45) is 12.1. The molecule has 2 rings (SSSR count). The van der Waals surface area contributed by atoms with Crippen LogP contribution >= 0.6 is 0 Å². The number of hydrogen-bond donors (Lipinski definition) is 0. The second-order valence-corrected chi connectivity index (χ2v) is 9.45. The average molecular weight is 552 g/mol. The highest BCUT2D eigenvalue weighted by Crippen LogP contribution is 2.23. The number of unbranched alkanes of at least 4 members (excludes halogenated alkanes) is 8. The van der Waals surface area contributed by atoms with Crippen LogP contribution < -0.4 is 4.74 Å². The summed E-state index contributed by atoms with van der Waals surface area (Å²) in [5.74, 6) is 0.466. The van der Waals surface area contributed by atoms with Gasteiger partial charge in [-0.25, -0.2) is 4.79 Å². The van der Waals surface area contributed by atoms with Gasteiger partial charge in [0.15, 0.2) is 0 Å². The minimum Gasteiger partial charge on any atom is -0.494 e. The minimum atomic E-state index is -0.438. The van der Waals surface area contributed by atoms with Crippen molar-refractivity contribution in [3.63, 3.8) is 0 Å². The average Bonchev–Trinajstić information content (AvgIpc) is 3.00. The first-order valence-corrected chi connectivity index (χ1v) is 14.5. The summed E-state index contributed by atoms with van der Waals surface area (Å²) in [5, 5.41) is 8.92. The highest BCUT2D eigenvalue weighted by molar-refractivity contribution is 5.81. The molecule has 0 unspecified atom stereocenters. The van der Waals surface area contributed by atoms with E-state index in [0.29, 0.717) is 38.6 Å². The third-order valence-corrected chi connectivity index (χ3v) is 6.29. The maximum atomic E-state index is 10.8. The van der Waals surface area contributed by atoms with E-state index in [2.05, 4.69) is 24.8 Å². The zero-order valence-corrected chi connectivity index (χ0v) is 23.8. The van der Waals surface area contributed by atoms with Crippen molar-refractivity contribution in [2.24, 2.45) is 0 Å². The Bertz CT molecular complexity index is 968. The fourth-order valence-electron chi connectivity index (χ4n) is 4.02. The first-order chi connectivity index (χ1) is 19.7. The summed E-state index contributed by atoms with van der Waals surface area (Å²) in [4.78, 5) is 10.8. The van der Waals surface area contributed by atoms with Gasteiger partial charge in [-0.15, -0.1) is 0 Å². The first-order valence-electron chi connectivity index (χ1n) is 14.5. The van der Waals surface area contributed by atoms with E-state index in [1.54, 1.807) is 0 Å². The summed E-state index contributed by atoms with van der Waals surface area (Å²) in [6, 6.07) is 17.9. The lowest BCUT2D eigenvalue weighted by Gasteiger charge is -2.08. The van der Waals surface area contributed by atoms with Crippen molar-refractivity contribution in [1.29, 1.82) is 5.26 Å². The topological polar surface area (TPSA) is 87.0 Å². The molecule has 0 heterocycles. The molecule has 0 aliphatic rings. The fourth-order valence-corrected chi connectivity index (χ4v) is 4.02. The largest absolute Gasteiger partial charge is 0.494 e. The fraction of sp³-hybridized carbons (Fsp3) is 0.515. The molecule has 0 spiro atoms. The molecular formula is C33H45NO6. The Balaban J connectivity index is 1.29. The Morgan fingerprint density at radius 1 is 0.625 bits per heavy atom. The molecule has 0 saturated heterocycles. The predicted molar refractivity (Wildman–Crippen MR) is 157 cm³/mol. The molecule has 0 aliphatic heterocycles. The zero-order valence-electron chi connectivity index (χ0n) is 23.8. The SMILES string of the molecule is C=CC(=O)OCCOCCOCCOCCCCCCCCCCCOc1ccc(-c2ccc(C#N)cc2)cc1. The van der Waals surface area contributed by atoms with Crippen molar-refractivity contribution >= 4 is 5.97 Å². The molecule has 0 aromatic heterocycles. The Kier molecular flexibility index (Phi) is 18.7. The van der Waals surface area contributed by atoms with E-state index in [0.717, 1.165) is 49.0 Å². The summed E-state index contributed by atoms with van der Waals surface area (Å²) in [5.41, 5.74) is 2.90. The van der Waals surface area contributed by atoms with Crippen LogP contribution in [-0.2, 0) is 23.7 Å². The van der Waals surface area contributed by atoms with Gasteiger partial charge in [0.25, 0.3) is 0 Å². The van der Waals surface area contributed by atoms with Gasteiger partial charge in [0.1, 0.15) is 12.4 Å². The van der Waals surface area contributed by atoms with Crippen molar-refractivity contribution in [2.45, 2.75) is 57.8 Å². The van der Waals surface area contributed by atoms with E-state index in [1.165, 1.54) is 44.9 Å². The summed E-state index contributed by atoms with van der Waals surface area (Å²) >= 11 is 0. The van der Waals surface area contributed by atoms with Gasteiger partial charge in [0.05, 0.1) is 51.3 Å². The zero-order chi connectivity index (χ0) is 28.5. The molecule has 7 heteroatoms. The molecule has 2 aromatic carbocycles. The molecule has 2 aromatic rings. The molecule has 0 aliphatic carbocycles. The van der Waals surface area contributed by atoms with E-state index >= 15 is 0 Å². The van der Waals surface area contributed by atoms with Crippen LogP contribution in [0.3, 0.4) is 0 Å². The Hall–Kier alpha value is -3.18. The number of nitriles is 1. The summed E-state index contributed by atoms with van der Waals surface area (Å²) < 4.78 is 27.1. The first kappa shape index (κ1) is 33.0. The van der Waals surface area contributed by atoms with Crippen molar-refractivity contribution in [3.05, 3.63) is 66.7 Å². The van der Waals surface area contributed by atoms with Crippen molar-refractivity contribution in [3.8, 4) is 22.9 Å². The summed E-state index contributed by atoms with van der Waals surface area (Å²) in [7, 11) is 0. The number of hydrogen-bond acceptors (Lipinski definition) is 7. The molecule has 40 heavy (non-hydrogen) atoms. The van der Waals surface area contributed by atoms with Crippen LogP contribution in [0.2, 0.25) is 0 Å². The molecule has 0 atom stereocenters. The van der Waals surface area contributed by atoms with Gasteiger partial charge in [-0.1, -0.05) is 75.8 Å². The Morgan fingerprint density at radius 2 is 1.07 bits per heavy atom. The Morgan fingerprint density at radius 3 is 1.60 bits per heavy atom. The summed E-state index contributed by atoms with van der Waals surface area (Å²) in [6.45, 7) is 7.58. The van der Waals surface area contributed by atoms with Crippen molar-refractivity contribution < 1.29 is 28.5 Å². The maximum absolute atomic E-state index is 10.8. The third kappa shape index (κ3) is 16.0. The number of carbonyl (C=O) groups excluding carboxylic acids is 1. The van der Waals surface area contributed by atoms with Crippen LogP contribution in [0.15, 0.2) is 61.2 Å². The number of nitrogens with zero attached hydrogens (tertiary/aromatic N) is 1. The van der Waals surface area contributed by atoms with Crippen LogP contribution in [0.1, 0.15) is 63.4 Å². The van der Waals surface area contributed by atoms with E-state index in [9.17, 15) is 4.79 Å². The number of carbonyl (C=O) groups is 1. The molecule has 7 nitrogen and oxygen atoms in total. The molecule has 0 saturated carbocycles. The lowest BCUT2D eigenvalue weighted by molar-refractivity contribution is -0.139. The van der Waals surface area contributed by atoms with Crippen LogP contribution in [0.25, 0.3) is 11.1 Å². The van der Waals surface area contributed by atoms with Crippen LogP contribution in [-0.4, -0.2) is 58.8 Å². The smallest absolute Gasteiger partial charge is 0.330 e. The van der Waals surface area contributed by atoms with Crippen LogP contribution in [0, 0.1) is 11.3 Å². The number of esters is 1. The van der Waals surface area contributed by atoms with E-state index in [1.807, 2.05) is 36.4 Å². The monoisotopic (exact) mass is 551 g/mol. The number of ether oxygens (including phenoxy) is 5. The van der Waals surface area contributed by atoms with Gasteiger partial charge >= 0.3 is 5.97 Å². The third-order valence-electron chi connectivity index (χ3n) is 6.29. The molecular weight excluding hydrogens is 506 g/mol. The standard InChI is InChI=1S/C33H45NO6/c1-2-33(35)40-27-26-38-25-24-37-23-22-36-20-10-8-6-4-3-5-7-9-11-21-39-32-18-16-31(17-19-32)30-14-12-29(28-34)13-15-30/h2,12-19H,1,3-11,20-27H2. The van der Waals surface area contributed by atoms with Gasteiger partial charge in [0.2, 0.25) is 0 Å². The van der Waals surface area contributed by atoms with Gasteiger partial charge < -0.3 is 23.7 Å². The van der Waals surface area contributed by atoms with Gasteiger partial charge in [-0.3, -0.25) is 0 Å². The van der Waals surface area contributed by atoms with Crippen LogP contribution in [0.5, 0.6) is 5.75 Å². The Labute approximate surface area is 240 Å². The van der Waals surface area contributed by atoms with E-state index < -0.39 is 5.97 Å². The van der Waals surface area contributed by atoms with Crippen molar-refractivity contribution in [2.75, 3.05) is 52.9 Å². The van der Waals surface area contributed by atoms with Crippen molar-refractivity contribution in [1.82, 2.24) is 0 Å². The molecule has 0 N–H and O–H groups in total. The second kappa shape index (κ2) is 22.6. The second-order valence-electron chi connectivity index (χ2n) is 9.45. The molecule has 0 fully saturated rings. The van der Waals surface area contributed by atoms with Gasteiger partial charge in [-0.2, -0.15) is 5.26 Å². The van der Waals surface area contributed by atoms with Gasteiger partial charge in [-0.05, 0) is 48.2 Å². The highest BCUT2D eigenvalue weighted by Gasteiger charge is 2.01. The van der Waals surface area contributed by atoms with E-state index in [4.69, 9.17) is 28.9 Å². The lowest BCUT2D eigenvalue weighted by Crippen LogP contribution is -2.13. The highest BCUT2D eigenvalue weighted by atomic mass is 16.6. The number of benzene rings is 2. The quantitative estimate of drug-likeness (QED) is 0.0797. The normalized spacial score (nSPS) is 10.7. The van der Waals surface area contributed by atoms with Crippen LogP contribution in [0.4, 0.5) is 0 Å². The lowest BCUT2D eigenvalue weighted by atomic mass is 10.0. The molecule has 0 amide bonds. The maximum Gasteiger partial charge on any atom is 0.330 e. The molecule has 218 valence electrons.